The fraction of sp³-hybridized carbons (Fsp3) is 0.529. The zero-order valence-electron chi connectivity index (χ0n) is 14.6. The second-order valence-corrected chi connectivity index (χ2v) is 9.10. The average Bonchev–Trinajstić information content (AvgIpc) is 2.65. The first-order valence-corrected chi connectivity index (χ1v) is 11.2. The Balaban J connectivity index is 2.05. The van der Waals surface area contributed by atoms with Crippen LogP contribution in [0.15, 0.2) is 35.2 Å². The molecule has 1 N–H and O–H groups in total. The van der Waals surface area contributed by atoms with Crippen LogP contribution in [0.25, 0.3) is 0 Å². The molecule has 1 aliphatic heterocycles. The van der Waals surface area contributed by atoms with Gasteiger partial charge in [-0.25, -0.2) is 8.42 Å². The number of aliphatic carboxylic acids is 1. The third-order valence-electron chi connectivity index (χ3n) is 4.35. The Hall–Kier alpha value is -1.58. The number of piperidine rings is 1. The van der Waals surface area contributed by atoms with Gasteiger partial charge in [0.2, 0.25) is 15.9 Å². The maximum Gasteiger partial charge on any atom is 0.243 e. The molecule has 2 atom stereocenters. The van der Waals surface area contributed by atoms with Gasteiger partial charge >= 0.3 is 0 Å². The van der Waals surface area contributed by atoms with Gasteiger partial charge in [0.15, 0.2) is 0 Å². The summed E-state index contributed by atoms with van der Waals surface area (Å²) in [5.41, 5.74) is 0. The molecule has 0 saturated carbocycles. The van der Waals surface area contributed by atoms with E-state index < -0.39 is 33.9 Å². The van der Waals surface area contributed by atoms with Crippen LogP contribution in [0.3, 0.4) is 0 Å². The minimum Gasteiger partial charge on any atom is -0.548 e. The zero-order chi connectivity index (χ0) is 19.2. The van der Waals surface area contributed by atoms with Crippen LogP contribution < -0.4 is 10.4 Å². The van der Waals surface area contributed by atoms with Crippen molar-refractivity contribution in [1.82, 2.24) is 9.62 Å². The number of nitrogens with zero attached hydrogens (tertiary/aromatic N) is 1. The summed E-state index contributed by atoms with van der Waals surface area (Å²) in [7, 11) is -3.67. The summed E-state index contributed by atoms with van der Waals surface area (Å²) in [5.74, 6) is -1.75. The normalized spacial score (nSPS) is 19.7. The molecule has 1 aromatic rings. The fourth-order valence-electron chi connectivity index (χ4n) is 2.89. The van der Waals surface area contributed by atoms with Crippen LogP contribution >= 0.6 is 11.8 Å². The van der Waals surface area contributed by atoms with Gasteiger partial charge in [-0.15, -0.1) is 0 Å². The Morgan fingerprint density at radius 2 is 2.04 bits per heavy atom. The van der Waals surface area contributed by atoms with E-state index in [1.165, 1.54) is 28.2 Å². The Morgan fingerprint density at radius 1 is 1.35 bits per heavy atom. The molecule has 0 unspecified atom stereocenters. The van der Waals surface area contributed by atoms with Crippen molar-refractivity contribution in [2.45, 2.75) is 30.2 Å². The SMILES string of the molecule is CSCC[C@H](NC(=O)[C@@H]1CCCN(S(=O)(=O)c2ccccc2)C1)C(=O)[O-]. The van der Waals surface area contributed by atoms with Crippen LogP contribution in [-0.2, 0) is 19.6 Å². The monoisotopic (exact) mass is 399 g/mol. The summed E-state index contributed by atoms with van der Waals surface area (Å²) in [4.78, 5) is 23.8. The highest BCUT2D eigenvalue weighted by Crippen LogP contribution is 2.24. The van der Waals surface area contributed by atoms with Gasteiger partial charge in [0.05, 0.1) is 22.8 Å². The quantitative estimate of drug-likeness (QED) is 0.663. The highest BCUT2D eigenvalue weighted by molar-refractivity contribution is 7.98. The smallest absolute Gasteiger partial charge is 0.243 e. The summed E-state index contributed by atoms with van der Waals surface area (Å²) in [6.45, 7) is 0.392. The highest BCUT2D eigenvalue weighted by atomic mass is 32.2. The molecule has 1 amide bonds. The van der Waals surface area contributed by atoms with Gasteiger partial charge < -0.3 is 15.2 Å². The number of amides is 1. The topological polar surface area (TPSA) is 107 Å². The molecule has 0 bridgehead atoms. The van der Waals surface area contributed by atoms with Crippen LogP contribution in [0.4, 0.5) is 0 Å². The maximum absolute atomic E-state index is 12.7. The standard InChI is InChI=1S/C17H24N2O5S2/c1-25-11-9-15(17(21)22)18-16(20)13-6-5-10-19(12-13)26(23,24)14-7-3-2-4-8-14/h2-4,7-8,13,15H,5-6,9-12H2,1H3,(H,18,20)(H,21,22)/p-1/t13-,15+/m1/s1. The molecule has 1 aliphatic rings. The van der Waals surface area contributed by atoms with Gasteiger partial charge in [-0.1, -0.05) is 18.2 Å². The van der Waals surface area contributed by atoms with Crippen LogP contribution in [0.1, 0.15) is 19.3 Å². The lowest BCUT2D eigenvalue weighted by atomic mass is 9.98. The maximum atomic E-state index is 12.7. The number of hydrogen-bond acceptors (Lipinski definition) is 6. The summed E-state index contributed by atoms with van der Waals surface area (Å²) in [6.07, 6.45) is 3.19. The van der Waals surface area contributed by atoms with Gasteiger partial charge in [-0.3, -0.25) is 4.79 Å². The van der Waals surface area contributed by atoms with Gasteiger partial charge in [0.25, 0.3) is 0 Å². The molecule has 1 aromatic carbocycles. The second-order valence-electron chi connectivity index (χ2n) is 6.18. The van der Waals surface area contributed by atoms with Crippen LogP contribution in [0.2, 0.25) is 0 Å². The number of carbonyl (C=O) groups is 2. The number of hydrogen-bond donors (Lipinski definition) is 1. The van der Waals surface area contributed by atoms with Crippen molar-refractivity contribution >= 4 is 33.7 Å². The van der Waals surface area contributed by atoms with Crippen molar-refractivity contribution in [3.8, 4) is 0 Å². The highest BCUT2D eigenvalue weighted by Gasteiger charge is 2.33. The predicted molar refractivity (Wildman–Crippen MR) is 97.9 cm³/mol. The van der Waals surface area contributed by atoms with Crippen molar-refractivity contribution in [1.29, 1.82) is 0 Å². The van der Waals surface area contributed by atoms with E-state index in [9.17, 15) is 23.1 Å². The molecule has 2 rings (SSSR count). The predicted octanol–water partition coefficient (Wildman–Crippen LogP) is 0.0751. The van der Waals surface area contributed by atoms with Crippen LogP contribution in [-0.4, -0.2) is 55.7 Å². The van der Waals surface area contributed by atoms with Crippen LogP contribution in [0, 0.1) is 5.92 Å². The molecular formula is C17H23N2O5S2-. The minimum absolute atomic E-state index is 0.0470. The molecule has 144 valence electrons. The number of carboxylic acids is 1. The number of carboxylic acid groups (broad SMARTS) is 1. The van der Waals surface area contributed by atoms with Gasteiger partial charge in [-0.2, -0.15) is 16.1 Å². The Bertz CT molecular complexity index is 724. The van der Waals surface area contributed by atoms with Crippen molar-refractivity contribution in [3.63, 3.8) is 0 Å². The summed E-state index contributed by atoms with van der Waals surface area (Å²) < 4.78 is 26.7. The zero-order valence-corrected chi connectivity index (χ0v) is 16.2. The number of sulfonamides is 1. The van der Waals surface area contributed by atoms with Gasteiger partial charge in [0, 0.05) is 13.1 Å². The molecule has 0 spiro atoms. The van der Waals surface area contributed by atoms with Crippen LogP contribution in [0.5, 0.6) is 0 Å². The molecule has 1 fully saturated rings. The molecule has 0 aliphatic carbocycles. The summed E-state index contributed by atoms with van der Waals surface area (Å²) in [6, 6.07) is 7.02. The lowest BCUT2D eigenvalue weighted by Gasteiger charge is -2.32. The number of rotatable bonds is 8. The first kappa shape index (κ1) is 20.7. The largest absolute Gasteiger partial charge is 0.548 e. The minimum atomic E-state index is -3.67. The molecule has 0 radical (unpaired) electrons. The molecule has 7 nitrogen and oxygen atoms in total. The Morgan fingerprint density at radius 3 is 2.65 bits per heavy atom. The molecular weight excluding hydrogens is 376 g/mol. The van der Waals surface area contributed by atoms with E-state index in [4.69, 9.17) is 0 Å². The lowest BCUT2D eigenvalue weighted by Crippen LogP contribution is -2.52. The van der Waals surface area contributed by atoms with E-state index >= 15 is 0 Å². The van der Waals surface area contributed by atoms with E-state index in [0.29, 0.717) is 25.1 Å². The third-order valence-corrected chi connectivity index (χ3v) is 6.87. The first-order chi connectivity index (χ1) is 12.4. The number of benzene rings is 1. The third kappa shape index (κ3) is 5.21. The van der Waals surface area contributed by atoms with Gasteiger partial charge in [0.1, 0.15) is 0 Å². The molecule has 1 saturated heterocycles. The van der Waals surface area contributed by atoms with Crippen molar-refractivity contribution in [2.75, 3.05) is 25.1 Å². The lowest BCUT2D eigenvalue weighted by molar-refractivity contribution is -0.308. The Kier molecular flexibility index (Phi) is 7.48. The van der Waals surface area contributed by atoms with E-state index in [2.05, 4.69) is 5.32 Å². The summed E-state index contributed by atoms with van der Waals surface area (Å²) >= 11 is 1.48. The van der Waals surface area contributed by atoms with E-state index in [-0.39, 0.29) is 17.9 Å². The van der Waals surface area contributed by atoms with Crippen molar-refractivity contribution in [2.24, 2.45) is 5.92 Å². The molecule has 9 heteroatoms. The molecule has 26 heavy (non-hydrogen) atoms. The van der Waals surface area contributed by atoms with E-state index in [1.54, 1.807) is 18.2 Å². The average molecular weight is 400 g/mol. The Labute approximate surface area is 158 Å². The second kappa shape index (κ2) is 9.38. The number of thioether (sulfide) groups is 1. The first-order valence-electron chi connectivity index (χ1n) is 8.41. The van der Waals surface area contributed by atoms with E-state index in [0.717, 1.165) is 0 Å². The summed E-state index contributed by atoms with van der Waals surface area (Å²) in [5, 5.41) is 13.7. The van der Waals surface area contributed by atoms with Gasteiger partial charge in [-0.05, 0) is 43.4 Å². The fourth-order valence-corrected chi connectivity index (χ4v) is 4.91. The van der Waals surface area contributed by atoms with Crippen molar-refractivity contribution in [3.05, 3.63) is 30.3 Å². The number of nitrogens with one attached hydrogen (secondary N) is 1. The number of carbonyl (C=O) groups excluding carboxylic acids is 2. The van der Waals surface area contributed by atoms with Crippen molar-refractivity contribution < 1.29 is 23.1 Å². The molecule has 0 aromatic heterocycles. The van der Waals surface area contributed by atoms with E-state index in [1.807, 2.05) is 6.26 Å². The molecule has 1 heterocycles.